The van der Waals surface area contributed by atoms with Crippen LogP contribution in [0.25, 0.3) is 0 Å². The molecule has 2 saturated heterocycles. The van der Waals surface area contributed by atoms with Crippen molar-refractivity contribution in [2.24, 2.45) is 7.05 Å². The lowest BCUT2D eigenvalue weighted by atomic mass is 9.90. The summed E-state index contributed by atoms with van der Waals surface area (Å²) < 4.78 is 49.8. The fourth-order valence-corrected chi connectivity index (χ4v) is 4.91. The lowest BCUT2D eigenvalue weighted by molar-refractivity contribution is -0.154. The Morgan fingerprint density at radius 1 is 1.48 bits per heavy atom. The van der Waals surface area contributed by atoms with Gasteiger partial charge in [0, 0.05) is 32.0 Å². The molecule has 2 aliphatic rings. The van der Waals surface area contributed by atoms with Crippen LogP contribution in [0.5, 0.6) is 5.88 Å². The molecule has 0 saturated carbocycles. The number of alkyl halides is 3. The molecule has 0 bridgehead atoms. The van der Waals surface area contributed by atoms with E-state index < -0.39 is 12.8 Å². The van der Waals surface area contributed by atoms with E-state index in [4.69, 9.17) is 9.47 Å². The Kier molecular flexibility index (Phi) is 5.55. The molecule has 3 rings (SSSR count). The first-order valence-electron chi connectivity index (χ1n) is 8.45. The molecule has 9 heteroatoms. The molecular weight excluding hydrogens is 355 g/mol. The molecule has 1 spiro atoms. The molecule has 0 aromatic carbocycles. The summed E-state index contributed by atoms with van der Waals surface area (Å²) in [5.41, 5.74) is 1.35. The van der Waals surface area contributed by atoms with E-state index >= 15 is 0 Å². The largest absolute Gasteiger partial charge is 0.468 e. The van der Waals surface area contributed by atoms with E-state index in [1.807, 2.05) is 11.8 Å². The number of aromatic nitrogens is 2. The minimum atomic E-state index is -4.36. The van der Waals surface area contributed by atoms with Crippen LogP contribution in [-0.2, 0) is 18.3 Å². The fourth-order valence-electron chi connectivity index (χ4n) is 3.53. The zero-order valence-electron chi connectivity index (χ0n) is 14.5. The van der Waals surface area contributed by atoms with Gasteiger partial charge in [0.25, 0.3) is 0 Å². The van der Waals surface area contributed by atoms with Crippen molar-refractivity contribution in [2.75, 3.05) is 24.7 Å². The van der Waals surface area contributed by atoms with Crippen molar-refractivity contribution in [2.45, 2.75) is 50.6 Å². The van der Waals surface area contributed by atoms with Gasteiger partial charge in [0.2, 0.25) is 5.88 Å². The Bertz CT molecular complexity index is 600. The molecule has 0 amide bonds. The summed E-state index contributed by atoms with van der Waals surface area (Å²) in [4.78, 5) is 0. The highest BCUT2D eigenvalue weighted by molar-refractivity contribution is 7.99. The second-order valence-corrected chi connectivity index (χ2v) is 7.91. The van der Waals surface area contributed by atoms with E-state index in [-0.39, 0.29) is 11.5 Å². The monoisotopic (exact) mass is 379 g/mol. The minimum Gasteiger partial charge on any atom is -0.468 e. The summed E-state index contributed by atoms with van der Waals surface area (Å²) >= 11 is 1.92. The van der Waals surface area contributed by atoms with Crippen molar-refractivity contribution in [3.8, 4) is 5.88 Å². The highest BCUT2D eigenvalue weighted by Crippen LogP contribution is 2.38. The van der Waals surface area contributed by atoms with Crippen LogP contribution in [0.1, 0.15) is 30.5 Å². The molecule has 0 radical (unpaired) electrons. The predicted molar refractivity (Wildman–Crippen MR) is 90.0 cm³/mol. The number of ether oxygens (including phenoxy) is 2. The van der Waals surface area contributed by atoms with Crippen molar-refractivity contribution >= 4 is 11.8 Å². The lowest BCUT2D eigenvalue weighted by Crippen LogP contribution is -2.47. The molecule has 2 aliphatic heterocycles. The maximum atomic E-state index is 12.5. The minimum absolute atomic E-state index is 0.0276. The first-order valence-corrected chi connectivity index (χ1v) is 9.61. The van der Waals surface area contributed by atoms with Crippen LogP contribution in [0.2, 0.25) is 0 Å². The first-order chi connectivity index (χ1) is 11.8. The first kappa shape index (κ1) is 18.8. The number of rotatable bonds is 5. The lowest BCUT2D eigenvalue weighted by Gasteiger charge is -2.38. The van der Waals surface area contributed by atoms with Crippen molar-refractivity contribution in [1.82, 2.24) is 15.1 Å². The van der Waals surface area contributed by atoms with Gasteiger partial charge in [-0.3, -0.25) is 0 Å². The van der Waals surface area contributed by atoms with Gasteiger partial charge in [-0.25, -0.2) is 4.68 Å². The predicted octanol–water partition coefficient (Wildman–Crippen LogP) is 2.81. The van der Waals surface area contributed by atoms with Gasteiger partial charge in [-0.05, 0) is 31.9 Å². The standard InChI is InChI=1S/C16H24F3N3O2S/c1-11-13(14(22(2)21-11)23-9-16(17,18)19)8-20-12-3-5-24-15(7-12)4-6-25-10-15/h12,20H,3-10H2,1-2H3. The molecule has 3 heterocycles. The summed E-state index contributed by atoms with van der Waals surface area (Å²) in [6, 6.07) is 0.294. The third kappa shape index (κ3) is 4.62. The molecule has 1 N–H and O–H groups in total. The Labute approximate surface area is 149 Å². The van der Waals surface area contributed by atoms with E-state index in [0.717, 1.165) is 37.4 Å². The van der Waals surface area contributed by atoms with Crippen LogP contribution in [0.3, 0.4) is 0 Å². The Balaban J connectivity index is 1.62. The maximum Gasteiger partial charge on any atom is 0.422 e. The molecule has 5 nitrogen and oxygen atoms in total. The number of thioether (sulfide) groups is 1. The molecule has 0 aliphatic carbocycles. The topological polar surface area (TPSA) is 48.3 Å². The van der Waals surface area contributed by atoms with Crippen molar-refractivity contribution in [3.63, 3.8) is 0 Å². The molecule has 2 fully saturated rings. The van der Waals surface area contributed by atoms with Crippen LogP contribution < -0.4 is 10.1 Å². The second kappa shape index (κ2) is 7.36. The van der Waals surface area contributed by atoms with Crippen molar-refractivity contribution < 1.29 is 22.6 Å². The van der Waals surface area contributed by atoms with Gasteiger partial charge in [0.15, 0.2) is 6.61 Å². The van der Waals surface area contributed by atoms with Crippen molar-refractivity contribution in [1.29, 1.82) is 0 Å². The summed E-state index contributed by atoms with van der Waals surface area (Å²) in [5, 5.41) is 7.68. The van der Waals surface area contributed by atoms with Crippen LogP contribution >= 0.6 is 11.8 Å². The smallest absolute Gasteiger partial charge is 0.422 e. The third-order valence-electron chi connectivity index (χ3n) is 4.79. The Hall–Kier alpha value is -0.930. The number of halogens is 3. The van der Waals surface area contributed by atoms with Gasteiger partial charge in [-0.15, -0.1) is 0 Å². The summed E-state index contributed by atoms with van der Waals surface area (Å²) in [6.07, 6.45) is -1.44. The van der Waals surface area contributed by atoms with Gasteiger partial charge >= 0.3 is 6.18 Å². The third-order valence-corrected chi connectivity index (χ3v) is 6.01. The molecular formula is C16H24F3N3O2S. The molecule has 2 atom stereocenters. The SMILES string of the molecule is Cc1nn(C)c(OCC(F)(F)F)c1CNC1CCOC2(CCSC2)C1. The van der Waals surface area contributed by atoms with E-state index in [9.17, 15) is 13.2 Å². The summed E-state index contributed by atoms with van der Waals surface area (Å²) in [6.45, 7) is 1.65. The van der Waals surface area contributed by atoms with Crippen molar-refractivity contribution in [3.05, 3.63) is 11.3 Å². The highest BCUT2D eigenvalue weighted by atomic mass is 32.2. The van der Waals surface area contributed by atoms with Crippen LogP contribution in [0.4, 0.5) is 13.2 Å². The molecule has 142 valence electrons. The number of aryl methyl sites for hydroxylation is 2. The van der Waals surface area contributed by atoms with E-state index in [1.165, 1.54) is 4.68 Å². The average Bonchev–Trinajstić information content (AvgIpc) is 3.07. The van der Waals surface area contributed by atoms with E-state index in [1.54, 1.807) is 14.0 Å². The fraction of sp³-hybridized carbons (Fsp3) is 0.812. The zero-order chi connectivity index (χ0) is 18.1. The van der Waals surface area contributed by atoms with Gasteiger partial charge in [-0.1, -0.05) is 0 Å². The molecule has 1 aromatic rings. The number of hydrogen-bond donors (Lipinski definition) is 1. The van der Waals surface area contributed by atoms with E-state index in [2.05, 4.69) is 10.4 Å². The normalized spacial score (nSPS) is 27.2. The van der Waals surface area contributed by atoms with E-state index in [0.29, 0.717) is 23.8 Å². The Morgan fingerprint density at radius 2 is 2.28 bits per heavy atom. The maximum absolute atomic E-state index is 12.5. The molecule has 2 unspecified atom stereocenters. The van der Waals surface area contributed by atoms with Gasteiger partial charge in [0.05, 0.1) is 16.9 Å². The molecule has 25 heavy (non-hydrogen) atoms. The Morgan fingerprint density at radius 3 is 2.96 bits per heavy atom. The summed E-state index contributed by atoms with van der Waals surface area (Å²) in [7, 11) is 1.60. The zero-order valence-corrected chi connectivity index (χ0v) is 15.3. The average molecular weight is 379 g/mol. The van der Waals surface area contributed by atoms with Gasteiger partial charge < -0.3 is 14.8 Å². The summed E-state index contributed by atoms with van der Waals surface area (Å²) in [5.74, 6) is 2.33. The molecule has 1 aromatic heterocycles. The second-order valence-electron chi connectivity index (χ2n) is 6.80. The number of nitrogens with one attached hydrogen (secondary N) is 1. The van der Waals surface area contributed by atoms with Gasteiger partial charge in [-0.2, -0.15) is 30.0 Å². The highest BCUT2D eigenvalue weighted by Gasteiger charge is 2.40. The van der Waals surface area contributed by atoms with Crippen LogP contribution in [0, 0.1) is 6.92 Å². The number of nitrogens with zero attached hydrogens (tertiary/aromatic N) is 2. The van der Waals surface area contributed by atoms with Crippen LogP contribution in [0.15, 0.2) is 0 Å². The van der Waals surface area contributed by atoms with Crippen LogP contribution in [-0.4, -0.2) is 52.3 Å². The quantitative estimate of drug-likeness (QED) is 0.853. The number of hydrogen-bond acceptors (Lipinski definition) is 5. The van der Waals surface area contributed by atoms with Gasteiger partial charge in [0.1, 0.15) is 0 Å².